The normalized spacial score (nSPS) is 11.7. The molecule has 3 aromatic rings. The number of benzene rings is 1. The predicted octanol–water partition coefficient (Wildman–Crippen LogP) is 1.68. The summed E-state index contributed by atoms with van der Waals surface area (Å²) in [5.41, 5.74) is 1.78. The van der Waals surface area contributed by atoms with Crippen LogP contribution in [0.3, 0.4) is 0 Å². The Bertz CT molecular complexity index is 1080. The zero-order chi connectivity index (χ0) is 19.6. The second-order valence-electron chi connectivity index (χ2n) is 5.64. The molecule has 1 N–H and O–H groups in total. The molecule has 0 unspecified atom stereocenters. The fourth-order valence-electron chi connectivity index (χ4n) is 2.18. The van der Waals surface area contributed by atoms with E-state index in [-0.39, 0.29) is 27.8 Å². The average Bonchev–Trinajstić information content (AvgIpc) is 3.24. The molecule has 0 aliphatic carbocycles. The monoisotopic (exact) mass is 408 g/mol. The average molecular weight is 408 g/mol. The van der Waals surface area contributed by atoms with Gasteiger partial charge in [-0.2, -0.15) is 9.29 Å². The van der Waals surface area contributed by atoms with Gasteiger partial charge in [-0.15, -0.1) is 10.2 Å². The van der Waals surface area contributed by atoms with Gasteiger partial charge in [0.1, 0.15) is 0 Å². The molecule has 1 aromatic carbocycles. The highest BCUT2D eigenvalue weighted by molar-refractivity contribution is 7.91. The highest BCUT2D eigenvalue weighted by atomic mass is 32.2. The highest BCUT2D eigenvalue weighted by Crippen LogP contribution is 2.24. The molecule has 0 atom stereocenters. The van der Waals surface area contributed by atoms with Gasteiger partial charge in [-0.05, 0) is 12.5 Å². The van der Waals surface area contributed by atoms with E-state index in [2.05, 4.69) is 25.7 Å². The number of amides is 1. The van der Waals surface area contributed by atoms with Crippen molar-refractivity contribution in [3.8, 4) is 11.4 Å². The number of carbonyl (C=O) groups is 1. The molecule has 0 bridgehead atoms. The van der Waals surface area contributed by atoms with Crippen LogP contribution >= 0.6 is 11.3 Å². The number of sulfonamides is 1. The molecule has 10 nitrogen and oxygen atoms in total. The lowest BCUT2D eigenvalue weighted by atomic mass is 10.1. The molecule has 0 saturated heterocycles. The van der Waals surface area contributed by atoms with Gasteiger partial charge in [0.2, 0.25) is 27.1 Å². The molecule has 0 radical (unpaired) electrons. The van der Waals surface area contributed by atoms with Crippen LogP contribution in [0.15, 0.2) is 33.1 Å². The summed E-state index contributed by atoms with van der Waals surface area (Å²) in [6.45, 7) is 3.09. The van der Waals surface area contributed by atoms with Gasteiger partial charge in [-0.3, -0.25) is 4.79 Å². The van der Waals surface area contributed by atoms with E-state index in [1.165, 1.54) is 14.0 Å². The van der Waals surface area contributed by atoms with E-state index >= 15 is 0 Å². The number of rotatable bonds is 6. The van der Waals surface area contributed by atoms with Crippen LogP contribution in [0.25, 0.3) is 11.4 Å². The summed E-state index contributed by atoms with van der Waals surface area (Å²) >= 11 is 0.761. The number of aromatic nitrogens is 4. The van der Waals surface area contributed by atoms with Crippen LogP contribution < -0.4 is 5.32 Å². The Hall–Kier alpha value is -2.70. The van der Waals surface area contributed by atoms with Crippen molar-refractivity contribution in [1.82, 2.24) is 24.6 Å². The van der Waals surface area contributed by atoms with E-state index in [1.807, 2.05) is 31.2 Å². The smallest absolute Gasteiger partial charge is 0.272 e. The first-order valence-electron chi connectivity index (χ1n) is 7.73. The van der Waals surface area contributed by atoms with E-state index in [9.17, 15) is 13.2 Å². The first kappa shape index (κ1) is 19.1. The third-order valence-electron chi connectivity index (χ3n) is 3.53. The molecule has 0 spiro atoms. The summed E-state index contributed by atoms with van der Waals surface area (Å²) in [6, 6.07) is 7.54. The van der Waals surface area contributed by atoms with Gasteiger partial charge in [0.15, 0.2) is 0 Å². The number of aryl methyl sites for hydroxylation is 1. The molecule has 0 aliphatic rings. The number of carbonyl (C=O) groups excluding carboxylic acids is 1. The van der Waals surface area contributed by atoms with E-state index < -0.39 is 10.0 Å². The number of anilines is 1. The number of hydrogen-bond donors (Lipinski definition) is 1. The summed E-state index contributed by atoms with van der Waals surface area (Å²) in [5, 5.41) is 13.7. The van der Waals surface area contributed by atoms with Gasteiger partial charge in [0.25, 0.3) is 10.0 Å². The molecule has 27 heavy (non-hydrogen) atoms. The Labute approximate surface area is 159 Å². The van der Waals surface area contributed by atoms with Gasteiger partial charge < -0.3 is 9.84 Å². The molecular weight excluding hydrogens is 392 g/mol. The maximum absolute atomic E-state index is 12.6. The fraction of sp³-hybridized carbons (Fsp3) is 0.267. The minimum Gasteiger partial charge on any atom is -0.338 e. The number of nitrogens with one attached hydrogen (secondary N) is 1. The summed E-state index contributed by atoms with van der Waals surface area (Å²) in [5.74, 6) is 0.168. The van der Waals surface area contributed by atoms with Gasteiger partial charge >= 0.3 is 0 Å². The quantitative estimate of drug-likeness (QED) is 0.609. The topological polar surface area (TPSA) is 131 Å². The van der Waals surface area contributed by atoms with Crippen LogP contribution in [-0.2, 0) is 21.4 Å². The SMILES string of the molecule is CC(=O)Nc1nnc(S(=O)(=O)N(C)Cc2nc(-c3ccccc3C)no2)s1. The summed E-state index contributed by atoms with van der Waals surface area (Å²) in [6.07, 6.45) is 0. The molecule has 2 aromatic heterocycles. The first-order valence-corrected chi connectivity index (χ1v) is 9.99. The Kier molecular flexibility index (Phi) is 5.30. The Balaban J connectivity index is 1.77. The van der Waals surface area contributed by atoms with Crippen molar-refractivity contribution < 1.29 is 17.7 Å². The van der Waals surface area contributed by atoms with Crippen molar-refractivity contribution in [2.45, 2.75) is 24.7 Å². The van der Waals surface area contributed by atoms with Crippen molar-refractivity contribution in [2.75, 3.05) is 12.4 Å². The van der Waals surface area contributed by atoms with Crippen molar-refractivity contribution in [2.24, 2.45) is 0 Å². The first-order chi connectivity index (χ1) is 12.8. The molecule has 1 amide bonds. The second kappa shape index (κ2) is 7.50. The molecule has 12 heteroatoms. The van der Waals surface area contributed by atoms with E-state index in [0.29, 0.717) is 5.82 Å². The minimum absolute atomic E-state index is 0.106. The molecule has 142 valence electrons. The van der Waals surface area contributed by atoms with Gasteiger partial charge in [-0.25, -0.2) is 8.42 Å². The van der Waals surface area contributed by atoms with E-state index in [4.69, 9.17) is 4.52 Å². The van der Waals surface area contributed by atoms with E-state index in [1.54, 1.807) is 0 Å². The molecule has 3 rings (SSSR count). The Morgan fingerprint density at radius 3 is 2.74 bits per heavy atom. The zero-order valence-electron chi connectivity index (χ0n) is 14.7. The third-order valence-corrected chi connectivity index (χ3v) is 6.52. The predicted molar refractivity (Wildman–Crippen MR) is 97.3 cm³/mol. The molecule has 2 heterocycles. The van der Waals surface area contributed by atoms with Gasteiger partial charge in [0, 0.05) is 19.5 Å². The Morgan fingerprint density at radius 2 is 2.04 bits per heavy atom. The largest absolute Gasteiger partial charge is 0.338 e. The van der Waals surface area contributed by atoms with Crippen molar-refractivity contribution in [3.05, 3.63) is 35.7 Å². The maximum atomic E-state index is 12.6. The van der Waals surface area contributed by atoms with Crippen LogP contribution in [0.4, 0.5) is 5.13 Å². The molecule has 0 saturated carbocycles. The van der Waals surface area contributed by atoms with Crippen LogP contribution in [0, 0.1) is 6.92 Å². The second-order valence-corrected chi connectivity index (χ2v) is 8.84. The van der Waals surface area contributed by atoms with Crippen LogP contribution in [0.2, 0.25) is 0 Å². The summed E-state index contributed by atoms with van der Waals surface area (Å²) in [4.78, 5) is 15.3. The Morgan fingerprint density at radius 1 is 1.30 bits per heavy atom. The van der Waals surface area contributed by atoms with Crippen LogP contribution in [-0.4, -0.2) is 46.0 Å². The third kappa shape index (κ3) is 4.18. The van der Waals surface area contributed by atoms with Crippen molar-refractivity contribution >= 4 is 32.4 Å². The minimum atomic E-state index is -3.92. The van der Waals surface area contributed by atoms with Gasteiger partial charge in [0.05, 0.1) is 6.54 Å². The van der Waals surface area contributed by atoms with Crippen LogP contribution in [0.5, 0.6) is 0 Å². The van der Waals surface area contributed by atoms with Crippen LogP contribution in [0.1, 0.15) is 18.4 Å². The molecule has 0 fully saturated rings. The lowest BCUT2D eigenvalue weighted by molar-refractivity contribution is -0.114. The lowest BCUT2D eigenvalue weighted by Gasteiger charge is -2.11. The summed E-state index contributed by atoms with van der Waals surface area (Å²) in [7, 11) is -2.55. The number of hydrogen-bond acceptors (Lipinski definition) is 9. The zero-order valence-corrected chi connectivity index (χ0v) is 16.3. The maximum Gasteiger partial charge on any atom is 0.272 e. The number of nitrogens with zero attached hydrogens (tertiary/aromatic N) is 5. The lowest BCUT2D eigenvalue weighted by Crippen LogP contribution is -2.26. The van der Waals surface area contributed by atoms with E-state index in [0.717, 1.165) is 26.8 Å². The summed E-state index contributed by atoms with van der Waals surface area (Å²) < 4.78 is 31.2. The molecule has 0 aliphatic heterocycles. The van der Waals surface area contributed by atoms with Crippen molar-refractivity contribution in [3.63, 3.8) is 0 Å². The molecular formula is C15H16N6O4S2. The highest BCUT2D eigenvalue weighted by Gasteiger charge is 2.27. The van der Waals surface area contributed by atoms with Crippen molar-refractivity contribution in [1.29, 1.82) is 0 Å². The fourth-order valence-corrected chi connectivity index (χ4v) is 4.43. The van der Waals surface area contributed by atoms with Gasteiger partial charge in [-0.1, -0.05) is 40.8 Å². The standard InChI is InChI=1S/C15H16N6O4S2/c1-9-6-4-5-7-11(9)13-17-12(25-20-13)8-21(3)27(23,24)15-19-18-14(26-15)16-10(2)22/h4-7H,8H2,1-3H3,(H,16,18,22).